The Labute approximate surface area is 129 Å². The Balaban J connectivity index is 1.62. The molecule has 1 heterocycles. The maximum absolute atomic E-state index is 12.2. The first-order valence-electron chi connectivity index (χ1n) is 7.23. The SMILES string of the molecule is CN1CC(Oc2ccc(C(=O)Nc3ccccc3N)cc2)C1. The van der Waals surface area contributed by atoms with Gasteiger partial charge >= 0.3 is 0 Å². The van der Waals surface area contributed by atoms with E-state index in [1.54, 1.807) is 24.3 Å². The molecule has 0 saturated carbocycles. The fourth-order valence-corrected chi connectivity index (χ4v) is 2.40. The molecule has 1 aliphatic rings. The number of hydrogen-bond donors (Lipinski definition) is 2. The van der Waals surface area contributed by atoms with E-state index >= 15 is 0 Å². The number of nitrogens with two attached hydrogens (primary N) is 1. The Bertz CT molecular complexity index is 664. The molecule has 0 unspecified atom stereocenters. The standard InChI is InChI=1S/C17H19N3O2/c1-20-10-14(11-20)22-13-8-6-12(7-9-13)17(21)19-16-5-3-2-4-15(16)18/h2-9,14H,10-11,18H2,1H3,(H,19,21). The zero-order chi connectivity index (χ0) is 15.5. The predicted octanol–water partition coefficient (Wildman–Crippen LogP) is 2.21. The first kappa shape index (κ1) is 14.4. The highest BCUT2D eigenvalue weighted by atomic mass is 16.5. The second-order valence-electron chi connectivity index (χ2n) is 5.53. The zero-order valence-corrected chi connectivity index (χ0v) is 12.5. The molecule has 5 nitrogen and oxygen atoms in total. The lowest BCUT2D eigenvalue weighted by molar-refractivity contribution is 0.0388. The molecule has 0 bridgehead atoms. The molecule has 0 radical (unpaired) electrons. The number of carbonyl (C=O) groups is 1. The van der Waals surface area contributed by atoms with Gasteiger partial charge in [-0.05, 0) is 43.4 Å². The largest absolute Gasteiger partial charge is 0.488 e. The van der Waals surface area contributed by atoms with E-state index in [4.69, 9.17) is 10.5 Å². The van der Waals surface area contributed by atoms with Crippen LogP contribution in [0.2, 0.25) is 0 Å². The van der Waals surface area contributed by atoms with Crippen molar-refractivity contribution < 1.29 is 9.53 Å². The van der Waals surface area contributed by atoms with Crippen molar-refractivity contribution in [3.05, 3.63) is 54.1 Å². The van der Waals surface area contributed by atoms with Gasteiger partial charge in [-0.25, -0.2) is 0 Å². The molecule has 1 saturated heterocycles. The third-order valence-corrected chi connectivity index (χ3v) is 3.66. The van der Waals surface area contributed by atoms with Crippen LogP contribution in [0, 0.1) is 0 Å². The zero-order valence-electron chi connectivity index (χ0n) is 12.5. The van der Waals surface area contributed by atoms with Gasteiger partial charge in [-0.15, -0.1) is 0 Å². The smallest absolute Gasteiger partial charge is 0.255 e. The molecule has 2 aromatic rings. The van der Waals surface area contributed by atoms with E-state index in [0.29, 0.717) is 16.9 Å². The van der Waals surface area contributed by atoms with Gasteiger partial charge in [-0.2, -0.15) is 0 Å². The fourth-order valence-electron chi connectivity index (χ4n) is 2.40. The summed E-state index contributed by atoms with van der Waals surface area (Å²) in [4.78, 5) is 14.4. The van der Waals surface area contributed by atoms with Crippen LogP contribution in [0.4, 0.5) is 11.4 Å². The minimum atomic E-state index is -0.187. The van der Waals surface area contributed by atoms with Crippen LogP contribution in [0.25, 0.3) is 0 Å². The van der Waals surface area contributed by atoms with E-state index < -0.39 is 0 Å². The number of nitrogen functional groups attached to an aromatic ring is 1. The number of benzene rings is 2. The second kappa shape index (κ2) is 6.07. The van der Waals surface area contributed by atoms with Gasteiger partial charge in [0, 0.05) is 18.7 Å². The Kier molecular flexibility index (Phi) is 3.98. The monoisotopic (exact) mass is 297 g/mol. The van der Waals surface area contributed by atoms with Gasteiger partial charge in [-0.3, -0.25) is 9.69 Å². The molecular weight excluding hydrogens is 278 g/mol. The van der Waals surface area contributed by atoms with E-state index in [1.165, 1.54) is 0 Å². The van der Waals surface area contributed by atoms with Crippen molar-refractivity contribution in [3.8, 4) is 5.75 Å². The molecule has 0 aromatic heterocycles. The van der Waals surface area contributed by atoms with Crippen LogP contribution in [-0.4, -0.2) is 37.0 Å². The molecule has 1 amide bonds. The molecule has 22 heavy (non-hydrogen) atoms. The van der Waals surface area contributed by atoms with Crippen LogP contribution in [0.5, 0.6) is 5.75 Å². The lowest BCUT2D eigenvalue weighted by atomic mass is 10.1. The summed E-state index contributed by atoms with van der Waals surface area (Å²) in [6, 6.07) is 14.3. The number of amides is 1. The highest BCUT2D eigenvalue weighted by Gasteiger charge is 2.24. The van der Waals surface area contributed by atoms with Gasteiger partial charge < -0.3 is 15.8 Å². The van der Waals surface area contributed by atoms with Gasteiger partial charge in [0.05, 0.1) is 11.4 Å². The minimum absolute atomic E-state index is 0.187. The number of carbonyl (C=O) groups excluding carboxylic acids is 1. The first-order valence-corrected chi connectivity index (χ1v) is 7.23. The quantitative estimate of drug-likeness (QED) is 0.849. The second-order valence-corrected chi connectivity index (χ2v) is 5.53. The van der Waals surface area contributed by atoms with Crippen LogP contribution in [-0.2, 0) is 0 Å². The molecule has 0 spiro atoms. The van der Waals surface area contributed by atoms with E-state index in [-0.39, 0.29) is 12.0 Å². The molecule has 2 aromatic carbocycles. The van der Waals surface area contributed by atoms with Gasteiger partial charge in [0.2, 0.25) is 0 Å². The summed E-state index contributed by atoms with van der Waals surface area (Å²) in [5, 5.41) is 2.80. The third kappa shape index (κ3) is 3.20. The highest BCUT2D eigenvalue weighted by Crippen LogP contribution is 2.20. The summed E-state index contributed by atoms with van der Waals surface area (Å²) in [7, 11) is 2.06. The van der Waals surface area contributed by atoms with Crippen molar-refractivity contribution in [2.75, 3.05) is 31.2 Å². The molecule has 1 fully saturated rings. The molecule has 3 rings (SSSR count). The van der Waals surface area contributed by atoms with Gasteiger partial charge in [0.15, 0.2) is 0 Å². The van der Waals surface area contributed by atoms with Gasteiger partial charge in [0.1, 0.15) is 11.9 Å². The van der Waals surface area contributed by atoms with Crippen molar-refractivity contribution in [2.24, 2.45) is 0 Å². The van der Waals surface area contributed by atoms with Crippen LogP contribution in [0.3, 0.4) is 0 Å². The summed E-state index contributed by atoms with van der Waals surface area (Å²) < 4.78 is 5.80. The van der Waals surface area contributed by atoms with Crippen molar-refractivity contribution in [2.45, 2.75) is 6.10 Å². The number of likely N-dealkylation sites (N-methyl/N-ethyl adjacent to an activating group) is 1. The summed E-state index contributed by atoms with van der Waals surface area (Å²) in [6.45, 7) is 1.88. The lowest BCUT2D eigenvalue weighted by Gasteiger charge is -2.35. The number of nitrogens with one attached hydrogen (secondary N) is 1. The summed E-state index contributed by atoms with van der Waals surface area (Å²) in [5.74, 6) is 0.599. The maximum Gasteiger partial charge on any atom is 0.255 e. The molecular formula is C17H19N3O2. The number of ether oxygens (including phenoxy) is 1. The van der Waals surface area contributed by atoms with Crippen molar-refractivity contribution in [1.82, 2.24) is 4.90 Å². The van der Waals surface area contributed by atoms with Crippen molar-refractivity contribution >= 4 is 17.3 Å². The number of nitrogens with zero attached hydrogens (tertiary/aromatic N) is 1. The van der Waals surface area contributed by atoms with Gasteiger partial charge in [0.25, 0.3) is 5.91 Å². The average Bonchev–Trinajstić information content (AvgIpc) is 2.49. The molecule has 3 N–H and O–H groups in total. The predicted molar refractivity (Wildman–Crippen MR) is 87.2 cm³/mol. The fraction of sp³-hybridized carbons (Fsp3) is 0.235. The van der Waals surface area contributed by atoms with Gasteiger partial charge in [-0.1, -0.05) is 12.1 Å². The molecule has 0 aliphatic carbocycles. The molecule has 1 aliphatic heterocycles. The van der Waals surface area contributed by atoms with E-state index in [9.17, 15) is 4.79 Å². The normalized spacial score (nSPS) is 15.1. The van der Waals surface area contributed by atoms with E-state index in [2.05, 4.69) is 17.3 Å². The van der Waals surface area contributed by atoms with Crippen LogP contribution in [0.1, 0.15) is 10.4 Å². The van der Waals surface area contributed by atoms with Crippen molar-refractivity contribution in [1.29, 1.82) is 0 Å². The summed E-state index contributed by atoms with van der Waals surface area (Å²) in [5.41, 5.74) is 7.55. The first-order chi connectivity index (χ1) is 10.6. The number of anilines is 2. The maximum atomic E-state index is 12.2. The van der Waals surface area contributed by atoms with E-state index in [0.717, 1.165) is 18.8 Å². The molecule has 0 atom stereocenters. The van der Waals surface area contributed by atoms with Crippen LogP contribution < -0.4 is 15.8 Å². The third-order valence-electron chi connectivity index (χ3n) is 3.66. The summed E-state index contributed by atoms with van der Waals surface area (Å²) in [6.07, 6.45) is 0.244. The average molecular weight is 297 g/mol. The van der Waals surface area contributed by atoms with Crippen LogP contribution in [0.15, 0.2) is 48.5 Å². The Morgan fingerprint density at radius 1 is 1.18 bits per heavy atom. The van der Waals surface area contributed by atoms with E-state index in [1.807, 2.05) is 24.3 Å². The Morgan fingerprint density at radius 3 is 2.50 bits per heavy atom. The summed E-state index contributed by atoms with van der Waals surface area (Å²) >= 11 is 0. The highest BCUT2D eigenvalue weighted by molar-refractivity contribution is 6.05. The molecule has 114 valence electrons. The topological polar surface area (TPSA) is 67.6 Å². The minimum Gasteiger partial charge on any atom is -0.488 e. The lowest BCUT2D eigenvalue weighted by Crippen LogP contribution is -2.51. The molecule has 5 heteroatoms. The number of hydrogen-bond acceptors (Lipinski definition) is 4. The van der Waals surface area contributed by atoms with Crippen LogP contribution >= 0.6 is 0 Å². The number of rotatable bonds is 4. The number of likely N-dealkylation sites (tertiary alicyclic amines) is 1. The Morgan fingerprint density at radius 2 is 1.86 bits per heavy atom. The van der Waals surface area contributed by atoms with Crippen molar-refractivity contribution in [3.63, 3.8) is 0 Å². The Hall–Kier alpha value is -2.53. The number of para-hydroxylation sites is 2.